The molecule has 5 heteroatoms. The van der Waals surface area contributed by atoms with E-state index in [1.165, 1.54) is 24.8 Å². The van der Waals surface area contributed by atoms with Crippen molar-refractivity contribution in [3.63, 3.8) is 0 Å². The van der Waals surface area contributed by atoms with Crippen LogP contribution in [0.5, 0.6) is 0 Å². The third-order valence-electron chi connectivity index (χ3n) is 4.76. The van der Waals surface area contributed by atoms with Crippen LogP contribution in [0.4, 0.5) is 0 Å². The van der Waals surface area contributed by atoms with E-state index in [0.717, 1.165) is 18.5 Å². The summed E-state index contributed by atoms with van der Waals surface area (Å²) in [6.45, 7) is 1.10. The molecule has 0 spiro atoms. The Morgan fingerprint density at radius 1 is 1.12 bits per heavy atom. The maximum atomic E-state index is 12.1. The van der Waals surface area contributed by atoms with Crippen molar-refractivity contribution < 1.29 is 9.59 Å². The van der Waals surface area contributed by atoms with Crippen molar-refractivity contribution in [2.75, 3.05) is 6.54 Å². The number of carbonyl (C=O) groups excluding carboxylic acids is 2. The second kappa shape index (κ2) is 8.08. The smallest absolute Gasteiger partial charge is 0.224 e. The molecule has 128 valence electrons. The number of carbonyl (C=O) groups is 2. The monoisotopic (exact) mass is 327 g/mol. The molecule has 0 saturated heterocycles. The minimum Gasteiger partial charge on any atom is -0.356 e. The molecule has 0 bridgehead atoms. The van der Waals surface area contributed by atoms with Crippen molar-refractivity contribution in [1.29, 1.82) is 0 Å². The zero-order chi connectivity index (χ0) is 16.8. The van der Waals surface area contributed by atoms with Crippen LogP contribution in [0, 0.1) is 11.8 Å². The molecule has 2 aliphatic rings. The largest absolute Gasteiger partial charge is 0.356 e. The first kappa shape index (κ1) is 16.7. The zero-order valence-corrected chi connectivity index (χ0v) is 14.0. The molecule has 5 nitrogen and oxygen atoms in total. The van der Waals surface area contributed by atoms with Crippen molar-refractivity contribution in [2.24, 2.45) is 11.8 Å². The SMILES string of the molecule is O=C(NCCC1=CCCCC1)C1CC1C(=O)NCc1ccccn1. The van der Waals surface area contributed by atoms with Gasteiger partial charge in [0.05, 0.1) is 24.1 Å². The number of hydrogen-bond donors (Lipinski definition) is 2. The Kier molecular flexibility index (Phi) is 5.62. The van der Waals surface area contributed by atoms with Crippen LogP contribution < -0.4 is 10.6 Å². The Hall–Kier alpha value is -2.17. The molecule has 1 fully saturated rings. The van der Waals surface area contributed by atoms with Crippen LogP contribution in [0.2, 0.25) is 0 Å². The number of nitrogens with one attached hydrogen (secondary N) is 2. The second-order valence-electron chi connectivity index (χ2n) is 6.64. The molecule has 0 aliphatic heterocycles. The number of nitrogens with zero attached hydrogens (tertiary/aromatic N) is 1. The first-order valence-corrected chi connectivity index (χ1v) is 8.87. The summed E-state index contributed by atoms with van der Waals surface area (Å²) in [6, 6.07) is 5.61. The van der Waals surface area contributed by atoms with Gasteiger partial charge in [0.25, 0.3) is 0 Å². The van der Waals surface area contributed by atoms with E-state index in [-0.39, 0.29) is 23.7 Å². The predicted octanol–water partition coefficient (Wildman–Crippen LogP) is 2.34. The first-order chi connectivity index (χ1) is 11.7. The third-order valence-corrected chi connectivity index (χ3v) is 4.76. The molecule has 0 radical (unpaired) electrons. The summed E-state index contributed by atoms with van der Waals surface area (Å²) in [5.74, 6) is -0.364. The lowest BCUT2D eigenvalue weighted by Gasteiger charge is -2.12. The van der Waals surface area contributed by atoms with Gasteiger partial charge in [-0.25, -0.2) is 0 Å². The van der Waals surface area contributed by atoms with Gasteiger partial charge in [-0.3, -0.25) is 14.6 Å². The number of rotatable bonds is 7. The van der Waals surface area contributed by atoms with E-state index in [0.29, 0.717) is 19.5 Å². The fourth-order valence-corrected chi connectivity index (χ4v) is 3.20. The van der Waals surface area contributed by atoms with Crippen LogP contribution in [0.1, 0.15) is 44.2 Å². The van der Waals surface area contributed by atoms with Gasteiger partial charge in [0.1, 0.15) is 0 Å². The minimum absolute atomic E-state index is 0.0180. The van der Waals surface area contributed by atoms with E-state index < -0.39 is 0 Å². The van der Waals surface area contributed by atoms with E-state index in [9.17, 15) is 9.59 Å². The van der Waals surface area contributed by atoms with E-state index in [1.54, 1.807) is 6.20 Å². The molecule has 2 unspecified atom stereocenters. The van der Waals surface area contributed by atoms with Gasteiger partial charge < -0.3 is 10.6 Å². The Morgan fingerprint density at radius 2 is 1.96 bits per heavy atom. The Balaban J connectivity index is 1.34. The molecule has 1 heterocycles. The van der Waals surface area contributed by atoms with Crippen LogP contribution in [0.25, 0.3) is 0 Å². The minimum atomic E-state index is -0.178. The van der Waals surface area contributed by atoms with Gasteiger partial charge >= 0.3 is 0 Å². The number of amides is 2. The molecule has 1 saturated carbocycles. The van der Waals surface area contributed by atoms with Crippen LogP contribution >= 0.6 is 0 Å². The Bertz CT molecular complexity index is 612. The average molecular weight is 327 g/mol. The van der Waals surface area contributed by atoms with Gasteiger partial charge in [-0.05, 0) is 50.7 Å². The molecule has 0 aromatic carbocycles. The summed E-state index contributed by atoms with van der Waals surface area (Å²) in [6.07, 6.45) is 10.5. The number of hydrogen-bond acceptors (Lipinski definition) is 3. The van der Waals surface area contributed by atoms with Crippen molar-refractivity contribution in [1.82, 2.24) is 15.6 Å². The highest BCUT2D eigenvalue weighted by molar-refractivity contribution is 5.92. The lowest BCUT2D eigenvalue weighted by atomic mass is 9.97. The summed E-state index contributed by atoms with van der Waals surface area (Å²) < 4.78 is 0. The molecular formula is C19H25N3O2. The van der Waals surface area contributed by atoms with Crippen LogP contribution in [-0.4, -0.2) is 23.3 Å². The Morgan fingerprint density at radius 3 is 2.67 bits per heavy atom. The summed E-state index contributed by atoms with van der Waals surface area (Å²) in [4.78, 5) is 28.4. The van der Waals surface area contributed by atoms with E-state index in [4.69, 9.17) is 0 Å². The lowest BCUT2D eigenvalue weighted by molar-refractivity contribution is -0.127. The van der Waals surface area contributed by atoms with Crippen LogP contribution in [0.15, 0.2) is 36.0 Å². The molecule has 1 aromatic rings. The highest BCUT2D eigenvalue weighted by Crippen LogP contribution is 2.38. The molecule has 3 rings (SSSR count). The van der Waals surface area contributed by atoms with Crippen molar-refractivity contribution in [3.8, 4) is 0 Å². The van der Waals surface area contributed by atoms with Crippen molar-refractivity contribution >= 4 is 11.8 Å². The maximum absolute atomic E-state index is 12.1. The highest BCUT2D eigenvalue weighted by atomic mass is 16.2. The van der Waals surface area contributed by atoms with Gasteiger partial charge in [0.15, 0.2) is 0 Å². The summed E-state index contributed by atoms with van der Waals surface area (Å²) >= 11 is 0. The topological polar surface area (TPSA) is 71.1 Å². The van der Waals surface area contributed by atoms with E-state index in [1.807, 2.05) is 18.2 Å². The van der Waals surface area contributed by atoms with Gasteiger partial charge in [-0.2, -0.15) is 0 Å². The Labute approximate surface area is 142 Å². The molecule has 2 amide bonds. The fraction of sp³-hybridized carbons (Fsp3) is 0.526. The molecule has 2 N–H and O–H groups in total. The zero-order valence-electron chi connectivity index (χ0n) is 14.0. The quantitative estimate of drug-likeness (QED) is 0.755. The van der Waals surface area contributed by atoms with Gasteiger partial charge in [0, 0.05) is 12.7 Å². The number of allylic oxidation sites excluding steroid dienone is 1. The van der Waals surface area contributed by atoms with Crippen molar-refractivity contribution in [3.05, 3.63) is 41.7 Å². The lowest BCUT2D eigenvalue weighted by Crippen LogP contribution is -2.30. The average Bonchev–Trinajstić information content (AvgIpc) is 3.42. The third kappa shape index (κ3) is 4.66. The standard InChI is InChI=1S/C19H25N3O2/c23-18(21-11-9-14-6-2-1-3-7-14)16-12-17(16)19(24)22-13-15-8-4-5-10-20-15/h4-6,8,10,16-17H,1-3,7,9,11-13H2,(H,21,23)(H,22,24). The molecule has 2 atom stereocenters. The van der Waals surface area contributed by atoms with Crippen LogP contribution in [0.3, 0.4) is 0 Å². The normalized spacial score (nSPS) is 22.4. The maximum Gasteiger partial charge on any atom is 0.224 e. The van der Waals surface area contributed by atoms with Gasteiger partial charge in [-0.15, -0.1) is 0 Å². The molecule has 24 heavy (non-hydrogen) atoms. The predicted molar refractivity (Wildman–Crippen MR) is 91.9 cm³/mol. The number of pyridine rings is 1. The second-order valence-corrected chi connectivity index (χ2v) is 6.64. The highest BCUT2D eigenvalue weighted by Gasteiger charge is 2.47. The molecule has 2 aliphatic carbocycles. The van der Waals surface area contributed by atoms with Crippen molar-refractivity contribution in [2.45, 2.75) is 45.1 Å². The van der Waals surface area contributed by atoms with Gasteiger partial charge in [-0.1, -0.05) is 17.7 Å². The number of aromatic nitrogens is 1. The summed E-state index contributed by atoms with van der Waals surface area (Å²) in [7, 11) is 0. The first-order valence-electron chi connectivity index (χ1n) is 8.87. The fourth-order valence-electron chi connectivity index (χ4n) is 3.20. The summed E-state index contributed by atoms with van der Waals surface area (Å²) in [5.41, 5.74) is 2.29. The molecular weight excluding hydrogens is 302 g/mol. The molecule has 1 aromatic heterocycles. The van der Waals surface area contributed by atoms with E-state index in [2.05, 4.69) is 21.7 Å². The van der Waals surface area contributed by atoms with Crippen LogP contribution in [-0.2, 0) is 16.1 Å². The van der Waals surface area contributed by atoms with Gasteiger partial charge in [0.2, 0.25) is 11.8 Å². The summed E-state index contributed by atoms with van der Waals surface area (Å²) in [5, 5.41) is 5.84. The van der Waals surface area contributed by atoms with E-state index >= 15 is 0 Å².